The van der Waals surface area contributed by atoms with Crippen molar-refractivity contribution in [3.63, 3.8) is 0 Å². The third-order valence-electron chi connectivity index (χ3n) is 3.16. The lowest BCUT2D eigenvalue weighted by atomic mass is 10.2. The normalized spacial score (nSPS) is 20.4. The maximum absolute atomic E-state index is 12.1. The zero-order valence-corrected chi connectivity index (χ0v) is 9.59. The Balaban J connectivity index is 2.36. The highest BCUT2D eigenvalue weighted by molar-refractivity contribution is 5.38. The van der Waals surface area contributed by atoms with Crippen molar-refractivity contribution in [3.05, 3.63) is 22.7 Å². The highest BCUT2D eigenvalue weighted by atomic mass is 16.1. The molecule has 2 heterocycles. The Morgan fingerprint density at radius 1 is 1.62 bits per heavy atom. The lowest BCUT2D eigenvalue weighted by molar-refractivity contribution is 0.652. The van der Waals surface area contributed by atoms with Gasteiger partial charge in [0.1, 0.15) is 0 Å². The van der Waals surface area contributed by atoms with Gasteiger partial charge in [-0.2, -0.15) is 0 Å². The Hall–Kier alpha value is -1.36. The third-order valence-corrected chi connectivity index (χ3v) is 3.16. The molecule has 1 saturated heterocycles. The van der Waals surface area contributed by atoms with Gasteiger partial charge in [-0.25, -0.2) is 4.98 Å². The van der Waals surface area contributed by atoms with E-state index in [0.29, 0.717) is 18.9 Å². The Morgan fingerprint density at radius 2 is 2.44 bits per heavy atom. The topological polar surface area (TPSA) is 64.2 Å². The van der Waals surface area contributed by atoms with E-state index in [0.717, 1.165) is 19.4 Å². The molecule has 0 amide bonds. The second-order valence-electron chi connectivity index (χ2n) is 4.07. The van der Waals surface area contributed by atoms with E-state index in [1.807, 2.05) is 6.92 Å². The van der Waals surface area contributed by atoms with Gasteiger partial charge >= 0.3 is 0 Å². The van der Waals surface area contributed by atoms with Gasteiger partial charge in [-0.1, -0.05) is 0 Å². The molecule has 5 heteroatoms. The Bertz CT molecular complexity index is 415. The molecule has 0 spiro atoms. The molecule has 0 radical (unpaired) electrons. The molecule has 1 aromatic rings. The summed E-state index contributed by atoms with van der Waals surface area (Å²) in [4.78, 5) is 18.3. The number of aromatic nitrogens is 2. The maximum atomic E-state index is 12.1. The van der Waals surface area contributed by atoms with Crippen molar-refractivity contribution in [1.82, 2.24) is 9.55 Å². The van der Waals surface area contributed by atoms with Gasteiger partial charge in [0.15, 0.2) is 5.82 Å². The van der Waals surface area contributed by atoms with E-state index in [4.69, 9.17) is 5.73 Å². The minimum absolute atomic E-state index is 0.00894. The molecule has 1 atom stereocenters. The summed E-state index contributed by atoms with van der Waals surface area (Å²) in [6, 6.07) is 0.271. The highest BCUT2D eigenvalue weighted by Crippen LogP contribution is 2.19. The summed E-state index contributed by atoms with van der Waals surface area (Å²) < 4.78 is 1.67. The molecule has 0 saturated carbocycles. The largest absolute Gasteiger partial charge is 0.348 e. The molecule has 16 heavy (non-hydrogen) atoms. The van der Waals surface area contributed by atoms with Gasteiger partial charge in [-0.3, -0.25) is 4.79 Å². The predicted molar refractivity (Wildman–Crippen MR) is 63.6 cm³/mol. The first kappa shape index (κ1) is 11.1. The van der Waals surface area contributed by atoms with Crippen molar-refractivity contribution in [1.29, 1.82) is 0 Å². The van der Waals surface area contributed by atoms with Crippen LogP contribution in [0.4, 0.5) is 5.82 Å². The summed E-state index contributed by atoms with van der Waals surface area (Å²) >= 11 is 0. The molecule has 2 N–H and O–H groups in total. The number of aryl methyl sites for hydroxylation is 1. The molecule has 1 aliphatic heterocycles. The first-order valence-electron chi connectivity index (χ1n) is 5.80. The van der Waals surface area contributed by atoms with E-state index in [9.17, 15) is 4.79 Å². The van der Waals surface area contributed by atoms with E-state index < -0.39 is 0 Å². The molecule has 88 valence electrons. The maximum Gasteiger partial charge on any atom is 0.293 e. The predicted octanol–water partition coefficient (Wildman–Crippen LogP) is 0.191. The zero-order chi connectivity index (χ0) is 11.5. The second kappa shape index (κ2) is 4.65. The first-order valence-corrected chi connectivity index (χ1v) is 5.80. The van der Waals surface area contributed by atoms with Crippen LogP contribution in [-0.2, 0) is 6.54 Å². The summed E-state index contributed by atoms with van der Waals surface area (Å²) in [5, 5.41) is 0. The van der Waals surface area contributed by atoms with Gasteiger partial charge in [0, 0.05) is 38.1 Å². The molecule has 0 bridgehead atoms. The number of anilines is 1. The Labute approximate surface area is 94.9 Å². The molecule has 2 rings (SSSR count). The smallest absolute Gasteiger partial charge is 0.293 e. The summed E-state index contributed by atoms with van der Waals surface area (Å²) in [7, 11) is 0. The van der Waals surface area contributed by atoms with Gasteiger partial charge in [0.2, 0.25) is 0 Å². The average Bonchev–Trinajstić information content (AvgIpc) is 2.77. The van der Waals surface area contributed by atoms with Crippen LogP contribution in [-0.4, -0.2) is 28.7 Å². The summed E-state index contributed by atoms with van der Waals surface area (Å²) in [5.41, 5.74) is 5.69. The standard InChI is InChI=1S/C11H18N4O/c1-2-14-7-5-13-10(11(14)16)15-6-3-4-9(15)8-12/h5,7,9H,2-4,6,8,12H2,1H3. The monoisotopic (exact) mass is 222 g/mol. The third kappa shape index (κ3) is 1.82. The van der Waals surface area contributed by atoms with Gasteiger partial charge in [0.25, 0.3) is 5.56 Å². The highest BCUT2D eigenvalue weighted by Gasteiger charge is 2.26. The van der Waals surface area contributed by atoms with Crippen molar-refractivity contribution in [2.45, 2.75) is 32.4 Å². The fourth-order valence-corrected chi connectivity index (χ4v) is 2.24. The van der Waals surface area contributed by atoms with Crippen LogP contribution in [0.3, 0.4) is 0 Å². The Kier molecular flexibility index (Phi) is 3.24. The quantitative estimate of drug-likeness (QED) is 0.793. The van der Waals surface area contributed by atoms with Crippen LogP contribution in [0.15, 0.2) is 17.2 Å². The number of hydrogen-bond donors (Lipinski definition) is 1. The minimum Gasteiger partial charge on any atom is -0.348 e. The molecular weight excluding hydrogens is 204 g/mol. The van der Waals surface area contributed by atoms with E-state index >= 15 is 0 Å². The lowest BCUT2D eigenvalue weighted by Crippen LogP contribution is -2.40. The van der Waals surface area contributed by atoms with Crippen LogP contribution in [0.2, 0.25) is 0 Å². The second-order valence-corrected chi connectivity index (χ2v) is 4.07. The van der Waals surface area contributed by atoms with E-state index in [2.05, 4.69) is 9.88 Å². The first-order chi connectivity index (χ1) is 7.77. The van der Waals surface area contributed by atoms with Crippen molar-refractivity contribution in [3.8, 4) is 0 Å². The van der Waals surface area contributed by atoms with Gasteiger partial charge in [-0.15, -0.1) is 0 Å². The number of nitrogens with zero attached hydrogens (tertiary/aromatic N) is 3. The molecule has 1 aliphatic rings. The lowest BCUT2D eigenvalue weighted by Gasteiger charge is -2.24. The van der Waals surface area contributed by atoms with Crippen molar-refractivity contribution >= 4 is 5.82 Å². The van der Waals surface area contributed by atoms with Gasteiger partial charge < -0.3 is 15.2 Å². The average molecular weight is 222 g/mol. The van der Waals surface area contributed by atoms with Crippen LogP contribution >= 0.6 is 0 Å². The fourth-order valence-electron chi connectivity index (χ4n) is 2.24. The SMILES string of the molecule is CCn1ccnc(N2CCCC2CN)c1=O. The summed E-state index contributed by atoms with van der Waals surface area (Å²) in [6.45, 7) is 4.10. The molecule has 1 aromatic heterocycles. The van der Waals surface area contributed by atoms with E-state index in [1.165, 1.54) is 0 Å². The van der Waals surface area contributed by atoms with Gasteiger partial charge in [-0.05, 0) is 19.8 Å². The van der Waals surface area contributed by atoms with E-state index in [-0.39, 0.29) is 11.6 Å². The van der Waals surface area contributed by atoms with Crippen molar-refractivity contribution in [2.75, 3.05) is 18.0 Å². The van der Waals surface area contributed by atoms with Crippen LogP contribution < -0.4 is 16.2 Å². The van der Waals surface area contributed by atoms with Crippen molar-refractivity contribution < 1.29 is 0 Å². The molecule has 1 unspecified atom stereocenters. The van der Waals surface area contributed by atoms with Crippen LogP contribution in [0, 0.1) is 0 Å². The van der Waals surface area contributed by atoms with Crippen LogP contribution in [0.5, 0.6) is 0 Å². The summed E-state index contributed by atoms with van der Waals surface area (Å²) in [5.74, 6) is 0.553. The van der Waals surface area contributed by atoms with Crippen LogP contribution in [0.25, 0.3) is 0 Å². The van der Waals surface area contributed by atoms with Gasteiger partial charge in [0.05, 0.1) is 0 Å². The molecule has 0 aliphatic carbocycles. The van der Waals surface area contributed by atoms with Crippen LogP contribution in [0.1, 0.15) is 19.8 Å². The van der Waals surface area contributed by atoms with E-state index in [1.54, 1.807) is 17.0 Å². The molecule has 0 aromatic carbocycles. The molecule has 5 nitrogen and oxygen atoms in total. The fraction of sp³-hybridized carbons (Fsp3) is 0.636. The molecule has 1 fully saturated rings. The van der Waals surface area contributed by atoms with Crippen molar-refractivity contribution in [2.24, 2.45) is 5.73 Å². The minimum atomic E-state index is -0.00894. The Morgan fingerprint density at radius 3 is 3.12 bits per heavy atom. The number of rotatable bonds is 3. The molecular formula is C11H18N4O. The number of nitrogens with two attached hydrogens (primary N) is 1. The zero-order valence-electron chi connectivity index (χ0n) is 9.59. The summed E-state index contributed by atoms with van der Waals surface area (Å²) in [6.07, 6.45) is 5.55. The number of hydrogen-bond acceptors (Lipinski definition) is 4.